The van der Waals surface area contributed by atoms with Crippen LogP contribution in [0.1, 0.15) is 26.3 Å². The second-order valence-electron chi connectivity index (χ2n) is 4.51. The van der Waals surface area contributed by atoms with Gasteiger partial charge < -0.3 is 10.6 Å². The standard InChI is InChI=1S/C14H22N2O/c1-4-16(11(2)3)14(17)13(15)10-12-8-6-5-7-9-12/h5-9,11,13H,4,10,15H2,1-3H3/t13-/m1/s1. The molecule has 1 aromatic rings. The summed E-state index contributed by atoms with van der Waals surface area (Å²) in [5.74, 6) is 0.0337. The lowest BCUT2D eigenvalue weighted by Gasteiger charge is -2.28. The molecule has 17 heavy (non-hydrogen) atoms. The zero-order chi connectivity index (χ0) is 12.8. The Balaban J connectivity index is 2.64. The van der Waals surface area contributed by atoms with Gasteiger partial charge in [0.2, 0.25) is 5.91 Å². The van der Waals surface area contributed by atoms with Crippen molar-refractivity contribution < 1.29 is 4.79 Å². The summed E-state index contributed by atoms with van der Waals surface area (Å²) in [7, 11) is 0. The highest BCUT2D eigenvalue weighted by molar-refractivity contribution is 5.82. The molecule has 1 atom stereocenters. The SMILES string of the molecule is CCN(C(=O)[C@H](N)Cc1ccccc1)C(C)C. The molecule has 0 bridgehead atoms. The third-order valence-corrected chi connectivity index (χ3v) is 2.86. The van der Waals surface area contributed by atoms with Crippen LogP contribution in [-0.4, -0.2) is 29.4 Å². The normalized spacial score (nSPS) is 12.5. The van der Waals surface area contributed by atoms with E-state index in [1.54, 1.807) is 0 Å². The average molecular weight is 234 g/mol. The molecule has 2 N–H and O–H groups in total. The molecule has 0 aliphatic rings. The monoisotopic (exact) mass is 234 g/mol. The number of rotatable bonds is 5. The van der Waals surface area contributed by atoms with Crippen LogP contribution in [0.3, 0.4) is 0 Å². The van der Waals surface area contributed by atoms with Crippen molar-refractivity contribution in [2.45, 2.75) is 39.3 Å². The van der Waals surface area contributed by atoms with Crippen molar-refractivity contribution in [2.75, 3.05) is 6.54 Å². The first-order valence-electron chi connectivity index (χ1n) is 6.16. The highest BCUT2D eigenvalue weighted by atomic mass is 16.2. The lowest BCUT2D eigenvalue weighted by molar-refractivity contribution is -0.134. The molecule has 1 amide bonds. The Morgan fingerprint density at radius 1 is 1.29 bits per heavy atom. The van der Waals surface area contributed by atoms with Crippen LogP contribution in [0, 0.1) is 0 Å². The minimum absolute atomic E-state index is 0.0337. The first-order chi connectivity index (χ1) is 8.06. The molecule has 0 aliphatic carbocycles. The molecule has 0 heterocycles. The maximum Gasteiger partial charge on any atom is 0.240 e. The molecular weight excluding hydrogens is 212 g/mol. The van der Waals surface area contributed by atoms with E-state index in [-0.39, 0.29) is 11.9 Å². The van der Waals surface area contributed by atoms with Crippen LogP contribution >= 0.6 is 0 Å². The zero-order valence-corrected chi connectivity index (χ0v) is 10.9. The second-order valence-corrected chi connectivity index (χ2v) is 4.51. The van der Waals surface area contributed by atoms with Crippen LogP contribution in [0.5, 0.6) is 0 Å². The van der Waals surface area contributed by atoms with E-state index in [2.05, 4.69) is 0 Å². The molecule has 0 saturated carbocycles. The van der Waals surface area contributed by atoms with Crippen molar-refractivity contribution in [3.05, 3.63) is 35.9 Å². The van der Waals surface area contributed by atoms with E-state index in [4.69, 9.17) is 5.73 Å². The predicted molar refractivity (Wildman–Crippen MR) is 70.6 cm³/mol. The fourth-order valence-electron chi connectivity index (χ4n) is 1.94. The van der Waals surface area contributed by atoms with E-state index < -0.39 is 6.04 Å². The van der Waals surface area contributed by atoms with Gasteiger partial charge in [-0.1, -0.05) is 30.3 Å². The van der Waals surface area contributed by atoms with Crippen LogP contribution in [-0.2, 0) is 11.2 Å². The third-order valence-electron chi connectivity index (χ3n) is 2.86. The Morgan fingerprint density at radius 3 is 2.35 bits per heavy atom. The largest absolute Gasteiger partial charge is 0.339 e. The average Bonchev–Trinajstić information content (AvgIpc) is 2.30. The summed E-state index contributed by atoms with van der Waals surface area (Å²) in [5.41, 5.74) is 7.08. The highest BCUT2D eigenvalue weighted by Gasteiger charge is 2.21. The van der Waals surface area contributed by atoms with Crippen LogP contribution in [0.15, 0.2) is 30.3 Å². The molecule has 0 aliphatic heterocycles. The highest BCUT2D eigenvalue weighted by Crippen LogP contribution is 2.06. The Kier molecular flexibility index (Phi) is 5.16. The molecule has 0 aromatic heterocycles. The minimum atomic E-state index is -0.445. The van der Waals surface area contributed by atoms with Crippen molar-refractivity contribution in [3.8, 4) is 0 Å². The summed E-state index contributed by atoms with van der Waals surface area (Å²) in [6.07, 6.45) is 0.600. The predicted octanol–water partition coefficient (Wildman–Crippen LogP) is 1.81. The summed E-state index contributed by atoms with van der Waals surface area (Å²) in [5, 5.41) is 0. The minimum Gasteiger partial charge on any atom is -0.339 e. The van der Waals surface area contributed by atoms with Crippen LogP contribution in [0.4, 0.5) is 0 Å². The lowest BCUT2D eigenvalue weighted by Crippen LogP contribution is -2.47. The van der Waals surface area contributed by atoms with E-state index in [1.807, 2.05) is 56.0 Å². The van der Waals surface area contributed by atoms with Crippen molar-refractivity contribution in [2.24, 2.45) is 5.73 Å². The number of benzene rings is 1. The summed E-state index contributed by atoms with van der Waals surface area (Å²) >= 11 is 0. The quantitative estimate of drug-likeness (QED) is 0.844. The van der Waals surface area contributed by atoms with Gasteiger partial charge in [-0.15, -0.1) is 0 Å². The number of hydrogen-bond acceptors (Lipinski definition) is 2. The van der Waals surface area contributed by atoms with E-state index in [9.17, 15) is 4.79 Å². The first kappa shape index (κ1) is 13.7. The van der Waals surface area contributed by atoms with E-state index >= 15 is 0 Å². The fourth-order valence-corrected chi connectivity index (χ4v) is 1.94. The molecule has 0 saturated heterocycles. The number of hydrogen-bond donors (Lipinski definition) is 1. The van der Waals surface area contributed by atoms with Gasteiger partial charge in [-0.3, -0.25) is 4.79 Å². The Labute approximate surface area is 104 Å². The van der Waals surface area contributed by atoms with Crippen molar-refractivity contribution in [1.29, 1.82) is 0 Å². The number of nitrogens with two attached hydrogens (primary N) is 1. The van der Waals surface area contributed by atoms with Gasteiger partial charge in [0.25, 0.3) is 0 Å². The van der Waals surface area contributed by atoms with E-state index in [0.717, 1.165) is 5.56 Å². The Hall–Kier alpha value is -1.35. The van der Waals surface area contributed by atoms with Crippen LogP contribution in [0.25, 0.3) is 0 Å². The molecule has 1 rings (SSSR count). The molecular formula is C14H22N2O. The Bertz CT molecular complexity index is 348. The molecule has 0 spiro atoms. The summed E-state index contributed by atoms with van der Waals surface area (Å²) in [6, 6.07) is 9.65. The maximum absolute atomic E-state index is 12.1. The van der Waals surface area contributed by atoms with E-state index in [0.29, 0.717) is 13.0 Å². The fraction of sp³-hybridized carbons (Fsp3) is 0.500. The maximum atomic E-state index is 12.1. The van der Waals surface area contributed by atoms with Gasteiger partial charge >= 0.3 is 0 Å². The summed E-state index contributed by atoms with van der Waals surface area (Å²) < 4.78 is 0. The van der Waals surface area contributed by atoms with Gasteiger partial charge in [-0.05, 0) is 32.8 Å². The van der Waals surface area contributed by atoms with Gasteiger partial charge in [0, 0.05) is 12.6 Å². The number of carbonyl (C=O) groups excluding carboxylic acids is 1. The zero-order valence-electron chi connectivity index (χ0n) is 10.9. The van der Waals surface area contributed by atoms with Gasteiger partial charge in [-0.2, -0.15) is 0 Å². The van der Waals surface area contributed by atoms with Gasteiger partial charge in [0.15, 0.2) is 0 Å². The molecule has 1 aromatic carbocycles. The van der Waals surface area contributed by atoms with Crippen LogP contribution < -0.4 is 5.73 Å². The molecule has 0 unspecified atom stereocenters. The third kappa shape index (κ3) is 3.86. The second kappa shape index (κ2) is 6.40. The van der Waals surface area contributed by atoms with Gasteiger partial charge in [0.05, 0.1) is 6.04 Å². The molecule has 0 radical (unpaired) electrons. The van der Waals surface area contributed by atoms with Crippen molar-refractivity contribution in [3.63, 3.8) is 0 Å². The molecule has 3 heteroatoms. The summed E-state index contributed by atoms with van der Waals surface area (Å²) in [6.45, 7) is 6.71. The molecule has 94 valence electrons. The van der Waals surface area contributed by atoms with Gasteiger partial charge in [-0.25, -0.2) is 0 Å². The number of nitrogens with zero attached hydrogens (tertiary/aromatic N) is 1. The first-order valence-corrected chi connectivity index (χ1v) is 6.16. The topological polar surface area (TPSA) is 46.3 Å². The van der Waals surface area contributed by atoms with Crippen molar-refractivity contribution >= 4 is 5.91 Å². The van der Waals surface area contributed by atoms with Crippen molar-refractivity contribution in [1.82, 2.24) is 4.90 Å². The smallest absolute Gasteiger partial charge is 0.240 e. The van der Waals surface area contributed by atoms with Gasteiger partial charge in [0.1, 0.15) is 0 Å². The summed E-state index contributed by atoms with van der Waals surface area (Å²) in [4.78, 5) is 13.9. The lowest BCUT2D eigenvalue weighted by atomic mass is 10.1. The number of amides is 1. The Morgan fingerprint density at radius 2 is 1.88 bits per heavy atom. The van der Waals surface area contributed by atoms with E-state index in [1.165, 1.54) is 0 Å². The van der Waals surface area contributed by atoms with Crippen LogP contribution in [0.2, 0.25) is 0 Å². The number of likely N-dealkylation sites (N-methyl/N-ethyl adjacent to an activating group) is 1. The number of carbonyl (C=O) groups is 1. The molecule has 3 nitrogen and oxygen atoms in total. The molecule has 0 fully saturated rings.